The van der Waals surface area contributed by atoms with Gasteiger partial charge in [-0.3, -0.25) is 0 Å². The van der Waals surface area contributed by atoms with E-state index in [1.54, 1.807) is 0 Å². The normalized spacial score (nSPS) is 9.00. The van der Waals surface area contributed by atoms with Crippen molar-refractivity contribution >= 4 is 17.4 Å². The van der Waals surface area contributed by atoms with Crippen LogP contribution in [-0.4, -0.2) is 10.2 Å². The molecule has 4 nitrogen and oxygen atoms in total. The van der Waals surface area contributed by atoms with Gasteiger partial charge in [0.05, 0.1) is 0 Å². The SMILES string of the molecule is N=Nc1ccc(Cl)nn1. The molecule has 1 aromatic heterocycles. The highest BCUT2D eigenvalue weighted by Gasteiger charge is 1.89. The standard InChI is InChI=1S/C4H3ClN4/c5-3-1-2-4(7-6)9-8-3/h1-2,6H. The van der Waals surface area contributed by atoms with Gasteiger partial charge in [0.25, 0.3) is 0 Å². The quantitative estimate of drug-likeness (QED) is 0.608. The summed E-state index contributed by atoms with van der Waals surface area (Å²) < 4.78 is 0. The third-order valence-corrected chi connectivity index (χ3v) is 0.934. The van der Waals surface area contributed by atoms with Crippen LogP contribution in [0.5, 0.6) is 0 Å². The molecule has 0 amide bonds. The number of nitrogens with zero attached hydrogens (tertiary/aromatic N) is 3. The lowest BCUT2D eigenvalue weighted by Gasteiger charge is -1.85. The second kappa shape index (κ2) is 2.50. The second-order valence-electron chi connectivity index (χ2n) is 1.33. The van der Waals surface area contributed by atoms with Gasteiger partial charge in [0.2, 0.25) is 0 Å². The van der Waals surface area contributed by atoms with Gasteiger partial charge in [-0.1, -0.05) is 11.6 Å². The molecule has 1 aromatic rings. The molecule has 0 aliphatic rings. The summed E-state index contributed by atoms with van der Waals surface area (Å²) in [5, 5.41) is 10.2. The first-order chi connectivity index (χ1) is 4.33. The zero-order valence-corrected chi connectivity index (χ0v) is 5.13. The van der Waals surface area contributed by atoms with Crippen molar-refractivity contribution in [3.05, 3.63) is 17.3 Å². The maximum Gasteiger partial charge on any atom is 0.195 e. The van der Waals surface area contributed by atoms with E-state index in [1.165, 1.54) is 12.1 Å². The highest BCUT2D eigenvalue weighted by Crippen LogP contribution is 2.07. The van der Waals surface area contributed by atoms with Gasteiger partial charge in [0.1, 0.15) is 0 Å². The minimum absolute atomic E-state index is 0.263. The van der Waals surface area contributed by atoms with Crippen molar-refractivity contribution in [3.8, 4) is 0 Å². The molecule has 5 heteroatoms. The predicted molar refractivity (Wildman–Crippen MR) is 31.8 cm³/mol. The highest BCUT2D eigenvalue weighted by molar-refractivity contribution is 6.29. The molecule has 0 unspecified atom stereocenters. The summed E-state index contributed by atoms with van der Waals surface area (Å²) in [4.78, 5) is 0. The molecular formula is C4H3ClN4. The van der Waals surface area contributed by atoms with Crippen molar-refractivity contribution < 1.29 is 0 Å². The Morgan fingerprint density at radius 3 is 2.67 bits per heavy atom. The van der Waals surface area contributed by atoms with E-state index in [-0.39, 0.29) is 5.82 Å². The molecule has 0 saturated heterocycles. The van der Waals surface area contributed by atoms with E-state index in [9.17, 15) is 0 Å². The zero-order valence-electron chi connectivity index (χ0n) is 4.37. The monoisotopic (exact) mass is 142 g/mol. The van der Waals surface area contributed by atoms with Crippen molar-refractivity contribution in [1.82, 2.24) is 10.2 Å². The van der Waals surface area contributed by atoms with Gasteiger partial charge in [-0.05, 0) is 12.1 Å². The van der Waals surface area contributed by atoms with Crippen LogP contribution in [0.2, 0.25) is 5.15 Å². The Morgan fingerprint density at radius 2 is 2.22 bits per heavy atom. The lowest BCUT2D eigenvalue weighted by atomic mass is 10.5. The average Bonchev–Trinajstić information content (AvgIpc) is 1.90. The first kappa shape index (κ1) is 6.10. The van der Waals surface area contributed by atoms with Gasteiger partial charge in [-0.2, -0.15) is 0 Å². The fourth-order valence-corrected chi connectivity index (χ4v) is 0.469. The largest absolute Gasteiger partial charge is 0.203 e. The molecule has 1 rings (SSSR count). The van der Waals surface area contributed by atoms with Crippen LogP contribution in [0.4, 0.5) is 5.82 Å². The van der Waals surface area contributed by atoms with Crippen molar-refractivity contribution in [2.75, 3.05) is 0 Å². The van der Waals surface area contributed by atoms with Gasteiger partial charge in [-0.15, -0.1) is 15.3 Å². The lowest BCUT2D eigenvalue weighted by Crippen LogP contribution is -1.78. The molecule has 0 aromatic carbocycles. The predicted octanol–water partition coefficient (Wildman–Crippen LogP) is 1.79. The fourth-order valence-electron chi connectivity index (χ4n) is 0.369. The Kier molecular flexibility index (Phi) is 1.69. The molecular weight excluding hydrogens is 140 g/mol. The molecule has 0 saturated carbocycles. The summed E-state index contributed by atoms with van der Waals surface area (Å²) in [6.07, 6.45) is 0. The van der Waals surface area contributed by atoms with E-state index >= 15 is 0 Å². The van der Waals surface area contributed by atoms with Crippen molar-refractivity contribution in [2.24, 2.45) is 5.11 Å². The summed E-state index contributed by atoms with van der Waals surface area (Å²) in [5.41, 5.74) is 6.49. The van der Waals surface area contributed by atoms with E-state index in [0.717, 1.165) is 0 Å². The van der Waals surface area contributed by atoms with Crippen LogP contribution in [0, 0.1) is 5.53 Å². The molecule has 0 radical (unpaired) electrons. The second-order valence-corrected chi connectivity index (χ2v) is 1.71. The summed E-state index contributed by atoms with van der Waals surface area (Å²) in [5.74, 6) is 0.263. The Labute approximate surface area is 56.4 Å². The third-order valence-electron chi connectivity index (χ3n) is 0.732. The topological polar surface area (TPSA) is 62.0 Å². The molecule has 0 bridgehead atoms. The molecule has 1 N–H and O–H groups in total. The van der Waals surface area contributed by atoms with E-state index in [2.05, 4.69) is 15.3 Å². The van der Waals surface area contributed by atoms with E-state index in [0.29, 0.717) is 5.15 Å². The number of hydrogen-bond donors (Lipinski definition) is 1. The minimum atomic E-state index is 0.263. The molecule has 46 valence electrons. The van der Waals surface area contributed by atoms with Gasteiger partial charge in [0, 0.05) is 0 Å². The van der Waals surface area contributed by atoms with Crippen LogP contribution in [0.1, 0.15) is 0 Å². The average molecular weight is 143 g/mol. The van der Waals surface area contributed by atoms with E-state index in [4.69, 9.17) is 17.1 Å². The van der Waals surface area contributed by atoms with Gasteiger partial charge < -0.3 is 0 Å². The Hall–Kier alpha value is -1.03. The van der Waals surface area contributed by atoms with Crippen LogP contribution < -0.4 is 0 Å². The van der Waals surface area contributed by atoms with Crippen LogP contribution in [0.25, 0.3) is 0 Å². The van der Waals surface area contributed by atoms with Crippen molar-refractivity contribution in [2.45, 2.75) is 0 Å². The van der Waals surface area contributed by atoms with Crippen LogP contribution >= 0.6 is 11.6 Å². The highest BCUT2D eigenvalue weighted by atomic mass is 35.5. The van der Waals surface area contributed by atoms with Crippen molar-refractivity contribution in [3.63, 3.8) is 0 Å². The zero-order chi connectivity index (χ0) is 6.69. The summed E-state index contributed by atoms with van der Waals surface area (Å²) in [6, 6.07) is 3.05. The number of halogens is 1. The smallest absolute Gasteiger partial charge is 0.195 e. The van der Waals surface area contributed by atoms with Gasteiger partial charge >= 0.3 is 0 Å². The van der Waals surface area contributed by atoms with Crippen LogP contribution in [0.3, 0.4) is 0 Å². The molecule has 0 aliphatic heterocycles. The maximum atomic E-state index is 6.49. The molecule has 0 fully saturated rings. The summed E-state index contributed by atoms with van der Waals surface area (Å²) in [6.45, 7) is 0. The van der Waals surface area contributed by atoms with Crippen LogP contribution in [-0.2, 0) is 0 Å². The molecule has 0 spiro atoms. The summed E-state index contributed by atoms with van der Waals surface area (Å²) in [7, 11) is 0. The third kappa shape index (κ3) is 1.43. The Balaban J connectivity index is 3.01. The number of rotatable bonds is 1. The number of aromatic nitrogens is 2. The van der Waals surface area contributed by atoms with Gasteiger partial charge in [0.15, 0.2) is 11.0 Å². The van der Waals surface area contributed by atoms with E-state index in [1.807, 2.05) is 0 Å². The number of nitrogens with one attached hydrogen (secondary N) is 1. The Bertz CT molecular complexity index is 206. The first-order valence-electron chi connectivity index (χ1n) is 2.19. The maximum absolute atomic E-state index is 6.49. The molecule has 0 atom stereocenters. The first-order valence-corrected chi connectivity index (χ1v) is 2.57. The lowest BCUT2D eigenvalue weighted by molar-refractivity contribution is 0.980. The van der Waals surface area contributed by atoms with Crippen molar-refractivity contribution in [1.29, 1.82) is 5.53 Å². The molecule has 9 heavy (non-hydrogen) atoms. The molecule has 0 aliphatic carbocycles. The number of hydrogen-bond acceptors (Lipinski definition) is 4. The Morgan fingerprint density at radius 1 is 1.44 bits per heavy atom. The van der Waals surface area contributed by atoms with E-state index < -0.39 is 0 Å². The fraction of sp³-hybridized carbons (Fsp3) is 0. The van der Waals surface area contributed by atoms with Crippen LogP contribution in [0.15, 0.2) is 17.2 Å². The minimum Gasteiger partial charge on any atom is -0.203 e. The summed E-state index contributed by atoms with van der Waals surface area (Å²) >= 11 is 5.39. The van der Waals surface area contributed by atoms with Gasteiger partial charge in [-0.25, -0.2) is 5.53 Å². The molecule has 1 heterocycles.